The van der Waals surface area contributed by atoms with Crippen LogP contribution in [0.25, 0.3) is 0 Å². The Morgan fingerprint density at radius 3 is 2.17 bits per heavy atom. The Hall–Kier alpha value is -1.20. The number of rotatable bonds is 1. The van der Waals surface area contributed by atoms with Gasteiger partial charge in [0.05, 0.1) is 6.54 Å². The molecule has 0 saturated carbocycles. The van der Waals surface area contributed by atoms with E-state index in [1.165, 1.54) is 13.8 Å². The highest BCUT2D eigenvalue weighted by Gasteiger charge is 2.57. The fourth-order valence-corrected chi connectivity index (χ4v) is 1.96. The summed E-state index contributed by atoms with van der Waals surface area (Å²) in [7, 11) is 0. The van der Waals surface area contributed by atoms with E-state index in [0.29, 0.717) is 0 Å². The summed E-state index contributed by atoms with van der Waals surface area (Å²) in [5, 5.41) is 0. The van der Waals surface area contributed by atoms with Crippen LogP contribution < -0.4 is 0 Å². The van der Waals surface area contributed by atoms with Crippen molar-refractivity contribution in [3.63, 3.8) is 0 Å². The van der Waals surface area contributed by atoms with Gasteiger partial charge in [0.25, 0.3) is 5.92 Å². The first kappa shape index (κ1) is 14.9. The summed E-state index contributed by atoms with van der Waals surface area (Å²) in [5.74, 6) is -3.53. The first-order valence-corrected chi connectivity index (χ1v) is 5.77. The van der Waals surface area contributed by atoms with E-state index < -0.39 is 41.9 Å². The number of amides is 1. The lowest BCUT2D eigenvalue weighted by molar-refractivity contribution is -0.126. The molecule has 0 bridgehead atoms. The third kappa shape index (κ3) is 2.97. The fraction of sp³-hybridized carbons (Fsp3) is 0.833. The van der Waals surface area contributed by atoms with Crippen LogP contribution in [0.3, 0.4) is 0 Å². The molecule has 1 heterocycles. The SMILES string of the molecule is CC(=O)C1(C)CC(F)(F)CN1C(=O)OC(C)(C)C. The van der Waals surface area contributed by atoms with Crippen molar-refractivity contribution < 1.29 is 23.1 Å². The number of Topliss-reactive ketones (excluding diaryl/α,β-unsaturated/α-hetero) is 1. The zero-order valence-electron chi connectivity index (χ0n) is 11.3. The smallest absolute Gasteiger partial charge is 0.411 e. The molecule has 104 valence electrons. The van der Waals surface area contributed by atoms with Crippen molar-refractivity contribution in [3.05, 3.63) is 0 Å². The van der Waals surface area contributed by atoms with E-state index in [-0.39, 0.29) is 0 Å². The minimum Gasteiger partial charge on any atom is -0.444 e. The number of alkyl halides is 2. The average Bonchev–Trinajstić information content (AvgIpc) is 2.34. The zero-order chi connectivity index (χ0) is 14.4. The van der Waals surface area contributed by atoms with Crippen LogP contribution in [0.2, 0.25) is 0 Å². The lowest BCUT2D eigenvalue weighted by Crippen LogP contribution is -2.51. The molecule has 1 rings (SSSR count). The maximum atomic E-state index is 13.4. The van der Waals surface area contributed by atoms with E-state index in [2.05, 4.69) is 0 Å². The van der Waals surface area contributed by atoms with E-state index in [1.807, 2.05) is 0 Å². The third-order valence-corrected chi connectivity index (χ3v) is 2.96. The van der Waals surface area contributed by atoms with Crippen molar-refractivity contribution in [2.45, 2.75) is 58.1 Å². The Labute approximate surface area is 105 Å². The molecule has 0 aliphatic carbocycles. The zero-order valence-corrected chi connectivity index (χ0v) is 11.3. The first-order chi connectivity index (χ1) is 7.87. The molecule has 1 aliphatic heterocycles. The molecule has 0 N–H and O–H groups in total. The minimum absolute atomic E-state index is 0.467. The molecular weight excluding hydrogens is 244 g/mol. The summed E-state index contributed by atoms with van der Waals surface area (Å²) >= 11 is 0. The lowest BCUT2D eigenvalue weighted by Gasteiger charge is -2.33. The number of hydrogen-bond donors (Lipinski definition) is 0. The molecule has 6 heteroatoms. The number of carbonyl (C=O) groups is 2. The Bertz CT molecular complexity index is 376. The maximum Gasteiger partial charge on any atom is 0.411 e. The molecule has 18 heavy (non-hydrogen) atoms. The molecular formula is C12H19F2NO3. The summed E-state index contributed by atoms with van der Waals surface area (Å²) in [5.41, 5.74) is -2.28. The third-order valence-electron chi connectivity index (χ3n) is 2.96. The van der Waals surface area contributed by atoms with Crippen LogP contribution >= 0.6 is 0 Å². The van der Waals surface area contributed by atoms with Crippen LogP contribution in [-0.4, -0.2) is 40.4 Å². The van der Waals surface area contributed by atoms with E-state index in [1.54, 1.807) is 20.8 Å². The van der Waals surface area contributed by atoms with E-state index in [9.17, 15) is 18.4 Å². The normalized spacial score (nSPS) is 27.2. The van der Waals surface area contributed by atoms with E-state index in [4.69, 9.17) is 4.74 Å². The molecule has 0 radical (unpaired) electrons. The summed E-state index contributed by atoms with van der Waals surface area (Å²) < 4.78 is 31.9. The molecule has 0 aromatic rings. The maximum absolute atomic E-state index is 13.4. The number of ether oxygens (including phenoxy) is 1. The molecule has 0 aromatic heterocycles. The minimum atomic E-state index is -3.06. The van der Waals surface area contributed by atoms with Crippen LogP contribution in [0.1, 0.15) is 41.0 Å². The topological polar surface area (TPSA) is 46.6 Å². The van der Waals surface area contributed by atoms with Gasteiger partial charge < -0.3 is 4.74 Å². The second-order valence-electron chi connectivity index (χ2n) is 5.93. The number of nitrogens with zero attached hydrogens (tertiary/aromatic N) is 1. The van der Waals surface area contributed by atoms with Gasteiger partial charge in [0.15, 0.2) is 5.78 Å². The Morgan fingerprint density at radius 2 is 1.78 bits per heavy atom. The molecule has 1 aliphatic rings. The Balaban J connectivity index is 2.99. The highest BCUT2D eigenvalue weighted by Crippen LogP contribution is 2.40. The fourth-order valence-electron chi connectivity index (χ4n) is 1.96. The van der Waals surface area contributed by atoms with Crippen LogP contribution in [0.5, 0.6) is 0 Å². The number of ketones is 1. The van der Waals surface area contributed by atoms with Gasteiger partial charge in [0.1, 0.15) is 11.1 Å². The lowest BCUT2D eigenvalue weighted by atomic mass is 9.93. The summed E-state index contributed by atoms with van der Waals surface area (Å²) in [6.07, 6.45) is -1.54. The van der Waals surface area contributed by atoms with Crippen molar-refractivity contribution in [2.24, 2.45) is 0 Å². The first-order valence-electron chi connectivity index (χ1n) is 5.77. The summed E-state index contributed by atoms with van der Waals surface area (Å²) in [6.45, 7) is 6.70. The van der Waals surface area contributed by atoms with Gasteiger partial charge in [-0.2, -0.15) is 0 Å². The molecule has 0 spiro atoms. The second kappa shape index (κ2) is 4.17. The van der Waals surface area contributed by atoms with Crippen molar-refractivity contribution >= 4 is 11.9 Å². The van der Waals surface area contributed by atoms with Crippen molar-refractivity contribution in [3.8, 4) is 0 Å². The molecule has 4 nitrogen and oxygen atoms in total. The molecule has 1 unspecified atom stereocenters. The average molecular weight is 263 g/mol. The Kier molecular flexibility index (Phi) is 3.44. The Morgan fingerprint density at radius 1 is 1.28 bits per heavy atom. The number of hydrogen-bond acceptors (Lipinski definition) is 3. The predicted octanol–water partition coefficient (Wildman–Crippen LogP) is 2.61. The highest BCUT2D eigenvalue weighted by molar-refractivity contribution is 5.90. The van der Waals surface area contributed by atoms with Gasteiger partial charge in [-0.15, -0.1) is 0 Å². The monoisotopic (exact) mass is 263 g/mol. The number of likely N-dealkylation sites (tertiary alicyclic amines) is 1. The van der Waals surface area contributed by atoms with E-state index >= 15 is 0 Å². The molecule has 1 saturated heterocycles. The van der Waals surface area contributed by atoms with Gasteiger partial charge in [-0.3, -0.25) is 9.69 Å². The molecule has 1 fully saturated rings. The van der Waals surface area contributed by atoms with Crippen LogP contribution in [0, 0.1) is 0 Å². The van der Waals surface area contributed by atoms with Crippen LogP contribution in [0.4, 0.5) is 13.6 Å². The quantitative estimate of drug-likeness (QED) is 0.730. The van der Waals surface area contributed by atoms with Crippen molar-refractivity contribution in [1.82, 2.24) is 4.90 Å². The van der Waals surface area contributed by atoms with Gasteiger partial charge in [0, 0.05) is 6.42 Å². The molecule has 1 atom stereocenters. The van der Waals surface area contributed by atoms with Gasteiger partial charge in [-0.05, 0) is 34.6 Å². The number of halogens is 2. The summed E-state index contributed by atoms with van der Waals surface area (Å²) in [6, 6.07) is 0. The van der Waals surface area contributed by atoms with Crippen LogP contribution in [0.15, 0.2) is 0 Å². The van der Waals surface area contributed by atoms with E-state index in [0.717, 1.165) is 4.90 Å². The standard InChI is InChI=1S/C12H19F2NO3/c1-8(16)11(5)6-12(13,14)7-15(11)9(17)18-10(2,3)4/h6-7H2,1-5H3. The highest BCUT2D eigenvalue weighted by atomic mass is 19.3. The molecule has 0 aromatic carbocycles. The van der Waals surface area contributed by atoms with Crippen molar-refractivity contribution in [2.75, 3.05) is 6.54 Å². The van der Waals surface area contributed by atoms with Gasteiger partial charge in [-0.25, -0.2) is 13.6 Å². The number of carbonyl (C=O) groups excluding carboxylic acids is 2. The predicted molar refractivity (Wildman–Crippen MR) is 61.6 cm³/mol. The van der Waals surface area contributed by atoms with Gasteiger partial charge in [-0.1, -0.05) is 0 Å². The van der Waals surface area contributed by atoms with Gasteiger partial charge in [0.2, 0.25) is 0 Å². The largest absolute Gasteiger partial charge is 0.444 e. The summed E-state index contributed by atoms with van der Waals surface area (Å²) in [4.78, 5) is 24.3. The van der Waals surface area contributed by atoms with Crippen molar-refractivity contribution in [1.29, 1.82) is 0 Å². The van der Waals surface area contributed by atoms with Gasteiger partial charge >= 0.3 is 6.09 Å². The molecule has 1 amide bonds. The second-order valence-corrected chi connectivity index (χ2v) is 5.93. The van der Waals surface area contributed by atoms with Crippen LogP contribution in [-0.2, 0) is 9.53 Å².